The first-order valence-electron chi connectivity index (χ1n) is 6.17. The molecule has 0 unspecified atom stereocenters. The van der Waals surface area contributed by atoms with E-state index in [4.69, 9.17) is 25.6 Å². The molecule has 0 atom stereocenters. The lowest BCUT2D eigenvalue weighted by atomic mass is 9.78. The van der Waals surface area contributed by atoms with E-state index < -0.39 is 35.7 Å². The Morgan fingerprint density at radius 3 is 2.10 bits per heavy atom. The smallest absolute Gasteiger partial charge is 0.491 e. The van der Waals surface area contributed by atoms with Gasteiger partial charge in [-0.1, -0.05) is 11.6 Å². The molecule has 0 aromatic heterocycles. The summed E-state index contributed by atoms with van der Waals surface area (Å²) in [5, 5.41) is -0.0979. The third-order valence-corrected chi connectivity index (χ3v) is 4.17. The van der Waals surface area contributed by atoms with Crippen molar-refractivity contribution in [1.29, 1.82) is 0 Å². The molecule has 0 N–H and O–H groups in total. The summed E-state index contributed by atoms with van der Waals surface area (Å²) >= 11 is 5.93. The van der Waals surface area contributed by atoms with Crippen LogP contribution in [0.2, 0.25) is 5.02 Å². The lowest BCUT2D eigenvalue weighted by molar-refractivity contribution is 0.00578. The first-order chi connectivity index (χ1) is 9.10. The van der Waals surface area contributed by atoms with Gasteiger partial charge in [0.1, 0.15) is 0 Å². The molecule has 2 rings (SSSR count). The van der Waals surface area contributed by atoms with E-state index in [-0.39, 0.29) is 10.5 Å². The second-order valence-corrected chi connectivity index (χ2v) is 6.10. The van der Waals surface area contributed by atoms with E-state index in [0.29, 0.717) is 0 Å². The molecular weight excluding hydrogens is 288 g/mol. The number of hydrogen-bond acceptors (Lipinski definition) is 3. The molecule has 0 bridgehead atoms. The molecule has 1 aliphatic rings. The fourth-order valence-electron chi connectivity index (χ4n) is 1.95. The van der Waals surface area contributed by atoms with Gasteiger partial charge in [0, 0.05) is 10.5 Å². The Morgan fingerprint density at radius 2 is 1.65 bits per heavy atom. The Kier molecular flexibility index (Phi) is 3.78. The molecule has 110 valence electrons. The minimum Gasteiger partial charge on any atom is -0.491 e. The predicted molar refractivity (Wildman–Crippen MR) is 73.6 cm³/mol. The molecule has 0 saturated carbocycles. The molecule has 1 aliphatic heterocycles. The largest absolute Gasteiger partial charge is 0.499 e. The van der Waals surface area contributed by atoms with Gasteiger partial charge in [-0.15, -0.1) is 0 Å². The first kappa shape index (κ1) is 15.5. The van der Waals surface area contributed by atoms with Gasteiger partial charge in [0.2, 0.25) is 0 Å². The SMILES string of the molecule is COc1c(F)cc(Cl)c(B2OC(C)(C)C(C)(C)O2)c1F. The summed E-state index contributed by atoms with van der Waals surface area (Å²) in [6.07, 6.45) is 0. The zero-order valence-corrected chi connectivity index (χ0v) is 12.8. The van der Waals surface area contributed by atoms with E-state index in [9.17, 15) is 8.78 Å². The molecule has 1 aromatic rings. The van der Waals surface area contributed by atoms with Crippen LogP contribution in [0.25, 0.3) is 0 Å². The maximum Gasteiger partial charge on any atom is 0.499 e. The number of methoxy groups -OCH3 is 1. The lowest BCUT2D eigenvalue weighted by Crippen LogP contribution is -2.41. The minimum atomic E-state index is -1.01. The lowest BCUT2D eigenvalue weighted by Gasteiger charge is -2.32. The van der Waals surface area contributed by atoms with Crippen molar-refractivity contribution in [1.82, 2.24) is 0 Å². The van der Waals surface area contributed by atoms with Gasteiger partial charge in [-0.2, -0.15) is 0 Å². The monoisotopic (exact) mass is 304 g/mol. The Balaban J connectivity index is 2.50. The van der Waals surface area contributed by atoms with Gasteiger partial charge >= 0.3 is 7.12 Å². The number of ether oxygens (including phenoxy) is 1. The standard InChI is InChI=1S/C13H16BClF2O3/c1-12(2)13(3,4)20-14(19-12)9-7(15)6-8(16)11(18-5)10(9)17/h6H,1-5H3. The highest BCUT2D eigenvalue weighted by Crippen LogP contribution is 2.38. The van der Waals surface area contributed by atoms with E-state index in [1.54, 1.807) is 0 Å². The van der Waals surface area contributed by atoms with Gasteiger partial charge in [-0.25, -0.2) is 8.78 Å². The second-order valence-electron chi connectivity index (χ2n) is 5.69. The zero-order valence-electron chi connectivity index (χ0n) is 12.0. The molecule has 1 fully saturated rings. The maximum atomic E-state index is 14.3. The molecule has 1 heterocycles. The Morgan fingerprint density at radius 1 is 1.15 bits per heavy atom. The Labute approximate surface area is 122 Å². The summed E-state index contributed by atoms with van der Waals surface area (Å²) in [4.78, 5) is 0. The molecule has 0 aliphatic carbocycles. The van der Waals surface area contributed by atoms with Crippen LogP contribution < -0.4 is 10.2 Å². The van der Waals surface area contributed by atoms with E-state index in [2.05, 4.69) is 0 Å². The minimum absolute atomic E-state index is 0.0523. The van der Waals surface area contributed by atoms with Crippen molar-refractivity contribution >= 4 is 24.2 Å². The number of halogens is 3. The maximum absolute atomic E-state index is 14.3. The van der Waals surface area contributed by atoms with Crippen LogP contribution in [-0.4, -0.2) is 25.4 Å². The Bertz CT molecular complexity index is 533. The normalized spacial score (nSPS) is 20.3. The molecule has 3 nitrogen and oxygen atoms in total. The van der Waals surface area contributed by atoms with Crippen molar-refractivity contribution in [2.45, 2.75) is 38.9 Å². The Hall–Kier alpha value is -0.845. The van der Waals surface area contributed by atoms with Crippen LogP contribution in [0.5, 0.6) is 5.75 Å². The van der Waals surface area contributed by atoms with E-state index in [0.717, 1.165) is 6.07 Å². The average Bonchev–Trinajstić information content (AvgIpc) is 2.47. The predicted octanol–water partition coefficient (Wildman–Crippen LogP) is 2.93. The van der Waals surface area contributed by atoms with E-state index >= 15 is 0 Å². The van der Waals surface area contributed by atoms with Crippen LogP contribution in [0, 0.1) is 11.6 Å². The molecule has 0 radical (unpaired) electrons. The van der Waals surface area contributed by atoms with E-state index in [1.807, 2.05) is 27.7 Å². The molecule has 1 saturated heterocycles. The van der Waals surface area contributed by atoms with Crippen LogP contribution in [0.3, 0.4) is 0 Å². The van der Waals surface area contributed by atoms with Crippen LogP contribution in [0.1, 0.15) is 27.7 Å². The number of rotatable bonds is 2. The van der Waals surface area contributed by atoms with Crippen molar-refractivity contribution in [3.8, 4) is 5.75 Å². The molecule has 1 aromatic carbocycles. The molecular formula is C13H16BClF2O3. The van der Waals surface area contributed by atoms with Crippen LogP contribution in [0.15, 0.2) is 6.07 Å². The summed E-state index contributed by atoms with van der Waals surface area (Å²) in [7, 11) is 0.172. The first-order valence-corrected chi connectivity index (χ1v) is 6.55. The van der Waals surface area contributed by atoms with E-state index in [1.165, 1.54) is 7.11 Å². The van der Waals surface area contributed by atoms with Crippen LogP contribution in [0.4, 0.5) is 8.78 Å². The topological polar surface area (TPSA) is 27.7 Å². The molecule has 0 amide bonds. The van der Waals surface area contributed by atoms with Crippen molar-refractivity contribution in [2.24, 2.45) is 0 Å². The average molecular weight is 305 g/mol. The van der Waals surface area contributed by atoms with Crippen molar-refractivity contribution in [3.63, 3.8) is 0 Å². The van der Waals surface area contributed by atoms with Gasteiger partial charge in [0.15, 0.2) is 17.4 Å². The highest BCUT2D eigenvalue weighted by molar-refractivity contribution is 6.65. The van der Waals surface area contributed by atoms with Gasteiger partial charge in [0.05, 0.1) is 18.3 Å². The highest BCUT2D eigenvalue weighted by atomic mass is 35.5. The summed E-state index contributed by atoms with van der Waals surface area (Å²) in [5.74, 6) is -2.27. The van der Waals surface area contributed by atoms with Gasteiger partial charge in [-0.05, 0) is 33.8 Å². The second kappa shape index (κ2) is 4.86. The number of benzene rings is 1. The van der Waals surface area contributed by atoms with Gasteiger partial charge in [0.25, 0.3) is 0 Å². The molecule has 20 heavy (non-hydrogen) atoms. The van der Waals surface area contributed by atoms with Gasteiger partial charge < -0.3 is 14.0 Å². The summed E-state index contributed by atoms with van der Waals surface area (Å²) in [5.41, 5.74) is -1.34. The van der Waals surface area contributed by atoms with Crippen molar-refractivity contribution < 1.29 is 22.8 Å². The van der Waals surface area contributed by atoms with Crippen molar-refractivity contribution in [3.05, 3.63) is 22.7 Å². The van der Waals surface area contributed by atoms with Gasteiger partial charge in [-0.3, -0.25) is 0 Å². The summed E-state index contributed by atoms with van der Waals surface area (Å²) < 4.78 is 44.1. The fraction of sp³-hybridized carbons (Fsp3) is 0.538. The number of hydrogen-bond donors (Lipinski definition) is 0. The summed E-state index contributed by atoms with van der Waals surface area (Å²) in [6.45, 7) is 7.33. The quantitative estimate of drug-likeness (QED) is 0.786. The zero-order chi connectivity index (χ0) is 15.3. The van der Waals surface area contributed by atoms with Crippen LogP contribution in [-0.2, 0) is 9.31 Å². The third kappa shape index (κ3) is 2.30. The highest BCUT2D eigenvalue weighted by Gasteiger charge is 2.53. The molecule has 7 heteroatoms. The van der Waals surface area contributed by atoms with Crippen molar-refractivity contribution in [2.75, 3.05) is 7.11 Å². The summed E-state index contributed by atoms with van der Waals surface area (Å²) in [6, 6.07) is 0.990. The fourth-order valence-corrected chi connectivity index (χ4v) is 2.22. The van der Waals surface area contributed by atoms with Crippen LogP contribution >= 0.6 is 11.6 Å². The molecule has 0 spiro atoms. The third-order valence-electron chi connectivity index (χ3n) is 3.86.